The van der Waals surface area contributed by atoms with Crippen LogP contribution in [0.1, 0.15) is 58.9 Å². The van der Waals surface area contributed by atoms with Crippen LogP contribution in [0.25, 0.3) is 0 Å². The van der Waals surface area contributed by atoms with Gasteiger partial charge in [-0.15, -0.1) is 0 Å². The summed E-state index contributed by atoms with van der Waals surface area (Å²) in [6.07, 6.45) is 4.42. The third kappa shape index (κ3) is 2.79. The predicted octanol–water partition coefficient (Wildman–Crippen LogP) is 4.26. The lowest BCUT2D eigenvalue weighted by Crippen LogP contribution is -2.44. The lowest BCUT2D eigenvalue weighted by molar-refractivity contribution is -0.103. The normalized spacial score (nSPS) is 26.4. The van der Waals surface area contributed by atoms with Crippen molar-refractivity contribution in [3.63, 3.8) is 0 Å². The molecular weight excluding hydrogens is 236 g/mol. The van der Waals surface area contributed by atoms with Crippen molar-refractivity contribution in [3.05, 3.63) is 29.8 Å². The molecule has 1 aliphatic carbocycles. The number of ether oxygens (including phenoxy) is 1. The number of hydrogen-bond acceptors (Lipinski definition) is 2. The van der Waals surface area contributed by atoms with E-state index in [4.69, 9.17) is 4.74 Å². The van der Waals surface area contributed by atoms with Crippen molar-refractivity contribution in [1.29, 1.82) is 0 Å². The minimum atomic E-state index is -0.707. The van der Waals surface area contributed by atoms with Crippen molar-refractivity contribution in [2.45, 2.75) is 65.1 Å². The van der Waals surface area contributed by atoms with Gasteiger partial charge in [0.2, 0.25) is 0 Å². The first-order chi connectivity index (χ1) is 8.85. The molecule has 1 atom stereocenters. The second kappa shape index (κ2) is 5.16. The topological polar surface area (TPSA) is 29.5 Å². The largest absolute Gasteiger partial charge is 0.491 e. The molecule has 1 aliphatic rings. The molecule has 19 heavy (non-hydrogen) atoms. The number of aliphatic hydroxyl groups is 1. The van der Waals surface area contributed by atoms with Crippen molar-refractivity contribution in [3.8, 4) is 5.75 Å². The maximum atomic E-state index is 11.1. The van der Waals surface area contributed by atoms with Crippen LogP contribution in [0.2, 0.25) is 0 Å². The van der Waals surface area contributed by atoms with Gasteiger partial charge in [-0.25, -0.2) is 0 Å². The zero-order chi connectivity index (χ0) is 14.1. The summed E-state index contributed by atoms with van der Waals surface area (Å²) in [5, 5.41) is 11.1. The Bertz CT molecular complexity index is 419. The van der Waals surface area contributed by atoms with Gasteiger partial charge in [0.15, 0.2) is 0 Å². The molecule has 2 nitrogen and oxygen atoms in total. The van der Waals surface area contributed by atoms with Crippen LogP contribution in [0.15, 0.2) is 24.3 Å². The Morgan fingerprint density at radius 3 is 2.16 bits per heavy atom. The van der Waals surface area contributed by atoms with Crippen LogP contribution < -0.4 is 4.74 Å². The first kappa shape index (κ1) is 14.4. The fourth-order valence-electron chi connectivity index (χ4n) is 3.11. The van der Waals surface area contributed by atoms with E-state index in [-0.39, 0.29) is 11.5 Å². The van der Waals surface area contributed by atoms with Crippen LogP contribution in [0.5, 0.6) is 5.75 Å². The summed E-state index contributed by atoms with van der Waals surface area (Å²) in [6, 6.07) is 7.98. The Balaban J connectivity index is 2.25. The summed E-state index contributed by atoms with van der Waals surface area (Å²) in [5.41, 5.74) is 0.251. The molecule has 0 heterocycles. The van der Waals surface area contributed by atoms with Gasteiger partial charge in [0, 0.05) is 0 Å². The molecule has 2 heteroatoms. The highest BCUT2D eigenvalue weighted by Crippen LogP contribution is 2.50. The minimum absolute atomic E-state index is 0.0638. The van der Waals surface area contributed by atoms with Gasteiger partial charge in [0.05, 0.1) is 11.7 Å². The summed E-state index contributed by atoms with van der Waals surface area (Å²) >= 11 is 0. The van der Waals surface area contributed by atoms with Gasteiger partial charge in [-0.2, -0.15) is 0 Å². The van der Waals surface area contributed by atoms with E-state index in [1.165, 1.54) is 6.42 Å². The summed E-state index contributed by atoms with van der Waals surface area (Å²) in [7, 11) is 0. The zero-order valence-corrected chi connectivity index (χ0v) is 12.6. The van der Waals surface area contributed by atoms with Crippen molar-refractivity contribution < 1.29 is 9.84 Å². The Morgan fingerprint density at radius 2 is 1.63 bits per heavy atom. The standard InChI is InChI=1S/C17H26O2/c1-13(2)19-15-9-7-14(8-10-15)17(18)12-6-5-11-16(17,3)4/h7-10,13,18H,5-6,11-12H2,1-4H3. The van der Waals surface area contributed by atoms with Gasteiger partial charge in [-0.05, 0) is 49.8 Å². The van der Waals surface area contributed by atoms with Crippen molar-refractivity contribution >= 4 is 0 Å². The van der Waals surface area contributed by atoms with Gasteiger partial charge in [-0.3, -0.25) is 0 Å². The lowest BCUT2D eigenvalue weighted by atomic mass is 9.62. The van der Waals surface area contributed by atoms with Crippen LogP contribution >= 0.6 is 0 Å². The molecule has 1 aromatic rings. The van der Waals surface area contributed by atoms with E-state index in [1.54, 1.807) is 0 Å². The van der Waals surface area contributed by atoms with E-state index in [0.29, 0.717) is 0 Å². The highest BCUT2D eigenvalue weighted by molar-refractivity contribution is 5.32. The summed E-state index contributed by atoms with van der Waals surface area (Å²) < 4.78 is 5.66. The van der Waals surface area contributed by atoms with Crippen LogP contribution in [0.4, 0.5) is 0 Å². The molecule has 0 spiro atoms. The lowest BCUT2D eigenvalue weighted by Gasteiger charge is -2.47. The molecule has 1 fully saturated rings. The number of hydrogen-bond donors (Lipinski definition) is 1. The van der Waals surface area contributed by atoms with Crippen LogP contribution in [0.3, 0.4) is 0 Å². The first-order valence-corrected chi connectivity index (χ1v) is 7.35. The van der Waals surface area contributed by atoms with Crippen LogP contribution in [0, 0.1) is 5.41 Å². The molecule has 2 rings (SSSR count). The van der Waals surface area contributed by atoms with Crippen LogP contribution in [-0.2, 0) is 5.60 Å². The van der Waals surface area contributed by atoms with E-state index in [9.17, 15) is 5.11 Å². The molecule has 1 N–H and O–H groups in total. The minimum Gasteiger partial charge on any atom is -0.491 e. The Kier molecular flexibility index (Phi) is 3.91. The molecule has 0 amide bonds. The van der Waals surface area contributed by atoms with E-state index in [2.05, 4.69) is 13.8 Å². The molecule has 1 saturated carbocycles. The highest BCUT2D eigenvalue weighted by Gasteiger charge is 2.46. The quantitative estimate of drug-likeness (QED) is 0.882. The smallest absolute Gasteiger partial charge is 0.119 e. The van der Waals surface area contributed by atoms with Gasteiger partial charge in [0.25, 0.3) is 0 Å². The fraction of sp³-hybridized carbons (Fsp3) is 0.647. The second-order valence-electron chi connectivity index (χ2n) is 6.64. The first-order valence-electron chi connectivity index (χ1n) is 7.35. The average Bonchev–Trinajstić information content (AvgIpc) is 2.33. The van der Waals surface area contributed by atoms with Gasteiger partial charge >= 0.3 is 0 Å². The Hall–Kier alpha value is -1.02. The molecule has 1 unspecified atom stereocenters. The predicted molar refractivity (Wildman–Crippen MR) is 78.4 cm³/mol. The van der Waals surface area contributed by atoms with E-state index < -0.39 is 5.60 Å². The summed E-state index contributed by atoms with van der Waals surface area (Å²) in [4.78, 5) is 0. The van der Waals surface area contributed by atoms with E-state index in [1.807, 2.05) is 38.1 Å². The second-order valence-corrected chi connectivity index (χ2v) is 6.64. The van der Waals surface area contributed by atoms with Crippen LogP contribution in [-0.4, -0.2) is 11.2 Å². The Labute approximate surface area is 116 Å². The molecule has 0 aliphatic heterocycles. The van der Waals surface area contributed by atoms with Crippen molar-refractivity contribution in [1.82, 2.24) is 0 Å². The van der Waals surface area contributed by atoms with Crippen molar-refractivity contribution in [2.75, 3.05) is 0 Å². The molecule has 0 bridgehead atoms. The van der Waals surface area contributed by atoms with Gasteiger partial charge < -0.3 is 9.84 Å². The molecule has 106 valence electrons. The third-order valence-corrected chi connectivity index (χ3v) is 4.41. The Morgan fingerprint density at radius 1 is 1.05 bits per heavy atom. The zero-order valence-electron chi connectivity index (χ0n) is 12.6. The SMILES string of the molecule is CC(C)Oc1ccc(C2(O)CCCCC2(C)C)cc1. The molecule has 0 radical (unpaired) electrons. The molecule has 0 saturated heterocycles. The van der Waals surface area contributed by atoms with Gasteiger partial charge in [0.1, 0.15) is 5.75 Å². The maximum absolute atomic E-state index is 11.1. The fourth-order valence-corrected chi connectivity index (χ4v) is 3.11. The number of rotatable bonds is 3. The molecular formula is C17H26O2. The molecule has 0 aromatic heterocycles. The average molecular weight is 262 g/mol. The summed E-state index contributed by atoms with van der Waals surface area (Å²) in [6.45, 7) is 8.38. The van der Waals surface area contributed by atoms with E-state index in [0.717, 1.165) is 30.6 Å². The molecule has 1 aromatic carbocycles. The van der Waals surface area contributed by atoms with Gasteiger partial charge in [-0.1, -0.05) is 38.8 Å². The highest BCUT2D eigenvalue weighted by atomic mass is 16.5. The number of benzene rings is 1. The maximum Gasteiger partial charge on any atom is 0.119 e. The monoisotopic (exact) mass is 262 g/mol. The summed E-state index contributed by atoms with van der Waals surface area (Å²) in [5.74, 6) is 0.871. The van der Waals surface area contributed by atoms with Crippen molar-refractivity contribution in [2.24, 2.45) is 5.41 Å². The van der Waals surface area contributed by atoms with E-state index >= 15 is 0 Å². The third-order valence-electron chi connectivity index (χ3n) is 4.41.